The van der Waals surface area contributed by atoms with Crippen LogP contribution in [0.5, 0.6) is 0 Å². The van der Waals surface area contributed by atoms with E-state index in [1.165, 1.54) is 0 Å². The number of likely N-dealkylation sites (N-methyl/N-ethyl adjacent to an activating group) is 1. The van der Waals surface area contributed by atoms with Gasteiger partial charge in [-0.1, -0.05) is 12.1 Å². The topological polar surface area (TPSA) is 69.8 Å². The molecule has 0 aromatic heterocycles. The summed E-state index contributed by atoms with van der Waals surface area (Å²) >= 11 is 0. The molecule has 25 heavy (non-hydrogen) atoms. The number of halogens is 2. The summed E-state index contributed by atoms with van der Waals surface area (Å²) in [5.74, 6) is 0.167. The molecule has 7 heteroatoms. The quantitative estimate of drug-likeness (QED) is 0.775. The van der Waals surface area contributed by atoms with Crippen molar-refractivity contribution in [3.05, 3.63) is 29.8 Å². The van der Waals surface area contributed by atoms with Crippen LogP contribution in [0.25, 0.3) is 0 Å². The van der Waals surface area contributed by atoms with Crippen molar-refractivity contribution in [2.75, 3.05) is 39.0 Å². The Bertz CT molecular complexity index is 570. The molecule has 142 valence electrons. The molecule has 0 bridgehead atoms. The van der Waals surface area contributed by atoms with Crippen LogP contribution in [0.15, 0.2) is 24.3 Å². The normalized spacial score (nSPS) is 26.2. The second kappa shape index (κ2) is 9.08. The largest absolute Gasteiger partial charge is 0.399 e. The van der Waals surface area contributed by atoms with Crippen molar-refractivity contribution in [2.24, 2.45) is 5.41 Å². The molecule has 3 rings (SSSR count). The molecule has 2 aliphatic rings. The second-order valence-electron chi connectivity index (χ2n) is 7.13. The average molecular weight is 390 g/mol. The van der Waals surface area contributed by atoms with E-state index in [4.69, 9.17) is 5.73 Å². The fourth-order valence-electron chi connectivity index (χ4n) is 4.16. The first kappa shape index (κ1) is 22.0. The van der Waals surface area contributed by atoms with Gasteiger partial charge in [-0.15, -0.1) is 24.8 Å². The molecule has 1 aromatic rings. The first-order valence-corrected chi connectivity index (χ1v) is 8.47. The monoisotopic (exact) mass is 389 g/mol. The number of nitrogen functional groups attached to an aromatic ring is 1. The van der Waals surface area contributed by atoms with E-state index < -0.39 is 0 Å². The number of rotatable bonds is 3. The zero-order chi connectivity index (χ0) is 16.4. The number of hydrogen-bond acceptors (Lipinski definition) is 4. The van der Waals surface area contributed by atoms with E-state index >= 15 is 0 Å². The fourth-order valence-corrected chi connectivity index (χ4v) is 4.16. The molecule has 5 nitrogen and oxygen atoms in total. The second-order valence-corrected chi connectivity index (χ2v) is 7.13. The minimum atomic E-state index is -0.0228. The number of fused-ring (bicyclic) bond motifs is 1. The highest BCUT2D eigenvalue weighted by Gasteiger charge is 2.47. The molecule has 1 aromatic carbocycles. The highest BCUT2D eigenvalue weighted by molar-refractivity contribution is 5.85. The smallest absolute Gasteiger partial charge is 0.227 e. The maximum Gasteiger partial charge on any atom is 0.227 e. The summed E-state index contributed by atoms with van der Waals surface area (Å²) in [7, 11) is 2.11. The van der Waals surface area contributed by atoms with Gasteiger partial charge in [0.05, 0.1) is 13.0 Å². The summed E-state index contributed by atoms with van der Waals surface area (Å²) in [5, 5.41) is 9.94. The van der Waals surface area contributed by atoms with Crippen LogP contribution in [0.4, 0.5) is 5.69 Å². The van der Waals surface area contributed by atoms with Crippen LogP contribution < -0.4 is 5.73 Å². The molecule has 0 saturated carbocycles. The van der Waals surface area contributed by atoms with Gasteiger partial charge in [0.1, 0.15) is 0 Å². The molecular formula is C18H29Cl2N3O2. The van der Waals surface area contributed by atoms with E-state index in [0.29, 0.717) is 6.42 Å². The number of carbonyl (C=O) groups is 1. The molecule has 3 N–H and O–H groups in total. The maximum absolute atomic E-state index is 12.6. The van der Waals surface area contributed by atoms with Crippen molar-refractivity contribution in [2.45, 2.75) is 31.7 Å². The molecule has 2 atom stereocenters. The lowest BCUT2D eigenvalue weighted by molar-refractivity contribution is -0.139. The predicted octanol–water partition coefficient (Wildman–Crippen LogP) is 1.96. The molecule has 2 fully saturated rings. The van der Waals surface area contributed by atoms with Crippen LogP contribution in [-0.2, 0) is 11.2 Å². The van der Waals surface area contributed by atoms with Gasteiger partial charge >= 0.3 is 0 Å². The number of anilines is 1. The van der Waals surface area contributed by atoms with Gasteiger partial charge in [-0.2, -0.15) is 0 Å². The van der Waals surface area contributed by atoms with Gasteiger partial charge in [0, 0.05) is 30.2 Å². The number of carbonyl (C=O) groups excluding carboxylic acids is 1. The number of likely N-dealkylation sites (tertiary alicyclic amines) is 2. The highest BCUT2D eigenvalue weighted by Crippen LogP contribution is 2.41. The standard InChI is InChI=1S/C18H27N3O2.2ClH/c1-20-9-2-7-18(13-22)8-10-21(12-16(18)20)17(23)11-14-3-5-15(19)6-4-14;;/h3-6,16,22H,2,7-13,19H2,1H3;2*1H/t16-,18-;;/m1../s1. The Hall–Kier alpha value is -1.01. The Balaban J connectivity index is 0.00000156. The summed E-state index contributed by atoms with van der Waals surface area (Å²) < 4.78 is 0. The van der Waals surface area contributed by atoms with Gasteiger partial charge in [-0.25, -0.2) is 0 Å². The molecular weight excluding hydrogens is 361 g/mol. The number of nitrogens with two attached hydrogens (primary N) is 1. The number of nitrogens with zero attached hydrogens (tertiary/aromatic N) is 2. The fraction of sp³-hybridized carbons (Fsp3) is 0.611. The maximum atomic E-state index is 12.6. The molecule has 2 saturated heterocycles. The first-order valence-electron chi connectivity index (χ1n) is 8.47. The number of amides is 1. The lowest BCUT2D eigenvalue weighted by Crippen LogP contribution is -2.62. The van der Waals surface area contributed by atoms with Crippen LogP contribution >= 0.6 is 24.8 Å². The van der Waals surface area contributed by atoms with Crippen LogP contribution in [-0.4, -0.2) is 60.1 Å². The van der Waals surface area contributed by atoms with Crippen molar-refractivity contribution in [3.8, 4) is 0 Å². The molecule has 0 spiro atoms. The third-order valence-electron chi connectivity index (χ3n) is 5.70. The number of hydrogen-bond donors (Lipinski definition) is 2. The van der Waals surface area contributed by atoms with E-state index in [1.54, 1.807) is 0 Å². The first-order chi connectivity index (χ1) is 11.0. The molecule has 0 aliphatic carbocycles. The van der Waals surface area contributed by atoms with E-state index in [-0.39, 0.29) is 48.8 Å². The van der Waals surface area contributed by atoms with Gasteiger partial charge in [0.2, 0.25) is 5.91 Å². The van der Waals surface area contributed by atoms with Gasteiger partial charge in [-0.05, 0) is 50.6 Å². The van der Waals surface area contributed by atoms with Gasteiger partial charge in [0.15, 0.2) is 0 Å². The number of piperidine rings is 2. The summed E-state index contributed by atoms with van der Waals surface area (Å²) in [6.07, 6.45) is 3.51. The molecule has 2 heterocycles. The summed E-state index contributed by atoms with van der Waals surface area (Å²) in [5.41, 5.74) is 7.39. The zero-order valence-electron chi connectivity index (χ0n) is 14.7. The van der Waals surface area contributed by atoms with Crippen LogP contribution in [0, 0.1) is 5.41 Å². The Morgan fingerprint density at radius 3 is 2.56 bits per heavy atom. The van der Waals surface area contributed by atoms with Crippen LogP contribution in [0.1, 0.15) is 24.8 Å². The average Bonchev–Trinajstić information content (AvgIpc) is 2.57. The highest BCUT2D eigenvalue weighted by atomic mass is 35.5. The minimum Gasteiger partial charge on any atom is -0.399 e. The Labute approximate surface area is 162 Å². The van der Waals surface area contributed by atoms with Gasteiger partial charge in [0.25, 0.3) is 0 Å². The van der Waals surface area contributed by atoms with E-state index in [1.807, 2.05) is 29.2 Å². The Morgan fingerprint density at radius 1 is 1.24 bits per heavy atom. The molecule has 2 aliphatic heterocycles. The molecule has 0 unspecified atom stereocenters. The number of aliphatic hydroxyl groups excluding tert-OH is 1. The van der Waals surface area contributed by atoms with E-state index in [0.717, 1.165) is 50.1 Å². The van der Waals surface area contributed by atoms with Crippen LogP contribution in [0.2, 0.25) is 0 Å². The van der Waals surface area contributed by atoms with E-state index in [9.17, 15) is 9.90 Å². The predicted molar refractivity (Wildman–Crippen MR) is 105 cm³/mol. The Morgan fingerprint density at radius 2 is 1.92 bits per heavy atom. The van der Waals surface area contributed by atoms with Crippen LogP contribution in [0.3, 0.4) is 0 Å². The van der Waals surface area contributed by atoms with Crippen molar-refractivity contribution in [1.29, 1.82) is 0 Å². The molecule has 0 radical (unpaired) electrons. The molecule has 1 amide bonds. The van der Waals surface area contributed by atoms with Crippen molar-refractivity contribution >= 4 is 36.4 Å². The third kappa shape index (κ3) is 4.59. The lowest BCUT2D eigenvalue weighted by atomic mass is 9.69. The van der Waals surface area contributed by atoms with Crippen molar-refractivity contribution in [1.82, 2.24) is 9.80 Å². The van der Waals surface area contributed by atoms with E-state index in [2.05, 4.69) is 11.9 Å². The summed E-state index contributed by atoms with van der Waals surface area (Å²) in [4.78, 5) is 16.9. The Kier molecular flexibility index (Phi) is 8.00. The lowest BCUT2D eigenvalue weighted by Gasteiger charge is -2.53. The van der Waals surface area contributed by atoms with Gasteiger partial charge in [-0.3, -0.25) is 4.79 Å². The zero-order valence-corrected chi connectivity index (χ0v) is 16.3. The number of aliphatic hydroxyl groups is 1. The third-order valence-corrected chi connectivity index (χ3v) is 5.70. The minimum absolute atomic E-state index is 0. The van der Waals surface area contributed by atoms with Crippen molar-refractivity contribution < 1.29 is 9.90 Å². The summed E-state index contributed by atoms with van der Waals surface area (Å²) in [6, 6.07) is 7.78. The van der Waals surface area contributed by atoms with Gasteiger partial charge < -0.3 is 20.6 Å². The van der Waals surface area contributed by atoms with Crippen molar-refractivity contribution in [3.63, 3.8) is 0 Å². The summed E-state index contributed by atoms with van der Waals surface area (Å²) in [6.45, 7) is 2.75. The number of benzene rings is 1. The SMILES string of the molecule is CN1CCC[C@]2(CO)CCN(C(=O)Cc3ccc(N)cc3)C[C@@H]12.Cl.Cl.